The number of nitrogens with one attached hydrogen (secondary N) is 1. The topological polar surface area (TPSA) is 351 Å². The number of ether oxygens (including phenoxy) is 5. The molecule has 0 radical (unpaired) electrons. The minimum absolute atomic E-state index is 0.0199. The Balaban J connectivity index is 0.000000135. The summed E-state index contributed by atoms with van der Waals surface area (Å²) in [7, 11) is -13.9. The first-order valence-corrected chi connectivity index (χ1v) is 36.4. The molecule has 8 aliphatic carbocycles. The van der Waals surface area contributed by atoms with Crippen LogP contribution in [-0.2, 0) is 114 Å². The molecule has 30 heteroatoms. The molecule has 0 aromatic carbocycles. The molecule has 0 aromatic rings. The summed E-state index contributed by atoms with van der Waals surface area (Å²) in [5.74, 6) is -3.03. The van der Waals surface area contributed by atoms with Gasteiger partial charge < -0.3 is 29.0 Å². The minimum atomic E-state index is -3.52. The highest BCUT2D eigenvalue weighted by atomic mass is 32.2. The number of hydrogen-bond donors (Lipinski definition) is 1. The quantitative estimate of drug-likeness (QED) is 0.117. The molecule has 24 atom stereocenters. The molecule has 1 N–H and O–H groups in total. The van der Waals surface area contributed by atoms with Crippen molar-refractivity contribution in [2.24, 2.45) is 71.0 Å². The lowest BCUT2D eigenvalue weighted by Gasteiger charge is -2.25. The van der Waals surface area contributed by atoms with Gasteiger partial charge in [-0.1, -0.05) is 67.2 Å². The molecule has 24 unspecified atom stereocenters. The molecule has 8 saturated carbocycles. The third kappa shape index (κ3) is 12.8. The monoisotopic (exact) mass is 1290 g/mol. The van der Waals surface area contributed by atoms with Crippen molar-refractivity contribution in [1.29, 1.82) is 0 Å². The standard InChI is InChI=1S/C14H21NO6S.C14H20O7S.C14H20O6S2.C12H18O5S/c1-3-7(2)14(17)15-6-11(16)20-12-8-4-9-10(5-8)22(18,19)21-13(9)12;1-3-7(2)14(16)19-6-11(15)20-12-8-4-9-10(5-8)22(17,18)21-13(9)12;1-3-7(2)14(16)21-6-11(15)19-12-8-4-9-10(5-8)22(17,18)20-13(9)12;1-3-6(2)12(13)16-10-7-4-8-9(5-7)18(14,15)17-11(8)10/h7-10,12-13H,3-6H2,1-2H3,(H,15,17);2*7-10,12-13H,3-6H2,1-2H3;6-11H,3-5H2,1-2H3. The predicted octanol–water partition coefficient (Wildman–Crippen LogP) is 3.24. The van der Waals surface area contributed by atoms with Gasteiger partial charge in [-0.25, -0.2) is 4.79 Å². The van der Waals surface area contributed by atoms with Crippen LogP contribution in [-0.4, -0.2) is 163 Å². The lowest BCUT2D eigenvalue weighted by Crippen LogP contribution is -2.40. The fourth-order valence-electron chi connectivity index (χ4n) is 14.6. The molecule has 12 rings (SSSR count). The van der Waals surface area contributed by atoms with Crippen molar-refractivity contribution in [3.8, 4) is 0 Å². The molecule has 4 saturated heterocycles. The number of rotatable bonds is 18. The fraction of sp³-hybridized carbons (Fsp3) is 0.870. The van der Waals surface area contributed by atoms with E-state index >= 15 is 0 Å². The van der Waals surface area contributed by atoms with E-state index in [1.165, 1.54) is 0 Å². The van der Waals surface area contributed by atoms with Crippen LogP contribution in [0.5, 0.6) is 0 Å². The molecule has 1 amide bonds. The molecule has 0 aromatic heterocycles. The van der Waals surface area contributed by atoms with Crippen LogP contribution < -0.4 is 5.32 Å². The molecule has 4 aliphatic heterocycles. The van der Waals surface area contributed by atoms with Crippen LogP contribution in [0.1, 0.15) is 132 Å². The molecule has 12 fully saturated rings. The van der Waals surface area contributed by atoms with E-state index in [1.54, 1.807) is 13.8 Å². The van der Waals surface area contributed by atoms with Crippen LogP contribution in [0.3, 0.4) is 0 Å². The Morgan fingerprint density at radius 1 is 0.440 bits per heavy atom. The van der Waals surface area contributed by atoms with Gasteiger partial charge in [0.1, 0.15) is 55.4 Å². The second-order valence-corrected chi connectivity index (χ2v) is 33.0. The van der Waals surface area contributed by atoms with E-state index in [2.05, 4.69) is 5.32 Å². The number of thioether (sulfide) groups is 1. The Kier molecular flexibility index (Phi) is 19.5. The number of carbonyl (C=O) groups is 7. The molecule has 8 bridgehead atoms. The maximum Gasteiger partial charge on any atom is 0.344 e. The summed E-state index contributed by atoms with van der Waals surface area (Å²) >= 11 is 0.967. The summed E-state index contributed by atoms with van der Waals surface area (Å²) in [5.41, 5.74) is 0. The van der Waals surface area contributed by atoms with E-state index in [4.69, 9.17) is 40.4 Å². The van der Waals surface area contributed by atoms with Gasteiger partial charge in [-0.2, -0.15) is 33.7 Å². The van der Waals surface area contributed by atoms with Crippen LogP contribution >= 0.6 is 11.8 Å². The van der Waals surface area contributed by atoms with Crippen molar-refractivity contribution in [2.45, 2.75) is 202 Å². The van der Waals surface area contributed by atoms with Crippen molar-refractivity contribution < 1.29 is 108 Å². The molecule has 25 nitrogen and oxygen atoms in total. The zero-order chi connectivity index (χ0) is 61.3. The number of esters is 5. The normalized spacial score (nSPS) is 40.1. The van der Waals surface area contributed by atoms with Crippen LogP contribution in [0, 0.1) is 71.0 Å². The maximum absolute atomic E-state index is 11.9. The van der Waals surface area contributed by atoms with Gasteiger partial charge in [-0.3, -0.25) is 45.5 Å². The molecule has 0 spiro atoms. The summed E-state index contributed by atoms with van der Waals surface area (Å²) in [5, 5.41) is 0.872. The highest BCUT2D eigenvalue weighted by molar-refractivity contribution is 8.14. The Bertz CT molecular complexity index is 2780. The average Bonchev–Trinajstić information content (AvgIpc) is 1.69. The van der Waals surface area contributed by atoms with E-state index in [9.17, 15) is 67.2 Å². The van der Waals surface area contributed by atoms with E-state index in [0.29, 0.717) is 44.9 Å². The average molecular weight is 1290 g/mol. The van der Waals surface area contributed by atoms with Gasteiger partial charge in [0.15, 0.2) is 11.7 Å². The SMILES string of the molecule is CCC(C)C(=O)NCC(=O)OC1C2CC3C1OS(=O)(=O)C3C2.CCC(C)C(=O)OC1C2CC3C1OS(=O)(=O)C3C2.CCC(C)C(=O)OCC(=O)OC1C2CC3C1OS(=O)(=O)C3C2.CCC(C)C(=O)SCC(=O)OC1C2CC3C1OS(=O)(=O)C3C2. The maximum atomic E-state index is 11.9. The largest absolute Gasteiger partial charge is 0.459 e. The Labute approximate surface area is 495 Å². The number of hydrogen-bond acceptors (Lipinski definition) is 25. The van der Waals surface area contributed by atoms with Crippen LogP contribution in [0.15, 0.2) is 0 Å². The predicted molar refractivity (Wildman–Crippen MR) is 294 cm³/mol. The van der Waals surface area contributed by atoms with Gasteiger partial charge in [-0.15, -0.1) is 0 Å². The molecular weight excluding hydrogens is 1210 g/mol. The summed E-state index contributed by atoms with van der Waals surface area (Å²) in [6, 6.07) is 0. The molecule has 4 heterocycles. The third-order valence-corrected chi connectivity index (χ3v) is 28.0. The summed E-state index contributed by atoms with van der Waals surface area (Å²) in [4.78, 5) is 82.3. The molecule has 474 valence electrons. The lowest BCUT2D eigenvalue weighted by molar-refractivity contribution is -0.168. The zero-order valence-electron chi connectivity index (χ0n) is 48.3. The highest BCUT2D eigenvalue weighted by Gasteiger charge is 2.69. The third-order valence-electron chi connectivity index (χ3n) is 19.9. The van der Waals surface area contributed by atoms with E-state index in [-0.39, 0.29) is 112 Å². The van der Waals surface area contributed by atoms with Gasteiger partial charge in [0, 0.05) is 59.2 Å². The first-order chi connectivity index (χ1) is 39.4. The van der Waals surface area contributed by atoms with Crippen molar-refractivity contribution >= 4 is 93.1 Å². The van der Waals surface area contributed by atoms with Crippen molar-refractivity contribution in [1.82, 2.24) is 5.32 Å². The van der Waals surface area contributed by atoms with Crippen molar-refractivity contribution in [2.75, 3.05) is 18.9 Å². The summed E-state index contributed by atoms with van der Waals surface area (Å²) in [6.45, 7) is 14.1. The van der Waals surface area contributed by atoms with E-state index in [0.717, 1.165) is 43.9 Å². The number of amides is 1. The van der Waals surface area contributed by atoms with Gasteiger partial charge in [0.2, 0.25) is 5.91 Å². The second-order valence-electron chi connectivity index (χ2n) is 24.9. The first kappa shape index (κ1) is 64.9. The number of carbonyl (C=O) groups excluding carboxylic acids is 7. The lowest BCUT2D eigenvalue weighted by atomic mass is 9.94. The fourth-order valence-corrected chi connectivity index (χ4v) is 22.9. The Morgan fingerprint density at radius 2 is 0.774 bits per heavy atom. The van der Waals surface area contributed by atoms with Crippen molar-refractivity contribution in [3.63, 3.8) is 0 Å². The number of fused-ring (bicyclic) bond motifs is 4. The van der Waals surface area contributed by atoms with Gasteiger partial charge in [0.25, 0.3) is 40.5 Å². The Morgan fingerprint density at radius 3 is 1.14 bits per heavy atom. The van der Waals surface area contributed by atoms with Gasteiger partial charge in [-0.05, 0) is 77.0 Å². The van der Waals surface area contributed by atoms with Gasteiger partial charge >= 0.3 is 29.8 Å². The van der Waals surface area contributed by atoms with Crippen LogP contribution in [0.2, 0.25) is 0 Å². The zero-order valence-corrected chi connectivity index (χ0v) is 52.4. The van der Waals surface area contributed by atoms with E-state index in [1.807, 2.05) is 41.5 Å². The summed E-state index contributed by atoms with van der Waals surface area (Å²) in [6.07, 6.45) is 3.92. The minimum Gasteiger partial charge on any atom is -0.459 e. The molecule has 84 heavy (non-hydrogen) atoms. The van der Waals surface area contributed by atoms with Crippen LogP contribution in [0.25, 0.3) is 0 Å². The Hall–Kier alpha value is -3.52. The van der Waals surface area contributed by atoms with E-state index < -0.39 is 129 Å². The first-order valence-electron chi connectivity index (χ1n) is 29.5. The molecular formula is C54H79NO24S5. The van der Waals surface area contributed by atoms with Crippen LogP contribution in [0.4, 0.5) is 0 Å². The smallest absolute Gasteiger partial charge is 0.344 e. The van der Waals surface area contributed by atoms with Crippen molar-refractivity contribution in [3.05, 3.63) is 0 Å². The summed E-state index contributed by atoms with van der Waals surface area (Å²) < 4.78 is 141. The molecule has 12 aliphatic rings. The second kappa shape index (κ2) is 25.2. The highest BCUT2D eigenvalue weighted by Crippen LogP contribution is 2.59. The van der Waals surface area contributed by atoms with Gasteiger partial charge in [0.05, 0.1) is 38.6 Å².